The fourth-order valence-corrected chi connectivity index (χ4v) is 0.0779. The van der Waals surface area contributed by atoms with Crippen molar-refractivity contribution < 1.29 is 4.79 Å². The molecular weight excluding hydrogens is 76.9 g/mol. The molecule has 0 aromatic rings. The average molecular weight is 78.9 g/mol. The van der Waals surface area contributed by atoms with Crippen LogP contribution in [0.3, 0.4) is 0 Å². The molecule has 0 amide bonds. The monoisotopic (exact) mass is 79.0 g/mol. The lowest BCUT2D eigenvalue weighted by molar-refractivity contribution is -0.110. The third-order valence-corrected chi connectivity index (χ3v) is 0.235. The van der Waals surface area contributed by atoms with E-state index in [1.165, 1.54) is 0 Å². The van der Waals surface area contributed by atoms with Crippen molar-refractivity contribution in [3.05, 3.63) is 11.4 Å². The van der Waals surface area contributed by atoms with Gasteiger partial charge in [-0.05, 0) is 0 Å². The number of rotatable bonds is 1. The van der Waals surface area contributed by atoms with E-state index in [1.54, 1.807) is 0 Å². The van der Waals surface area contributed by atoms with Gasteiger partial charge in [-0.2, -0.15) is 0 Å². The molecule has 0 aliphatic carbocycles. The summed E-state index contributed by atoms with van der Waals surface area (Å²) in [4.78, 5) is 12.3. The molecule has 0 bridgehead atoms. The highest BCUT2D eigenvalue weighted by Crippen LogP contribution is 1.61. The van der Waals surface area contributed by atoms with Gasteiger partial charge in [-0.3, -0.25) is 0 Å². The highest BCUT2D eigenvalue weighted by atomic mass is 16.1. The predicted octanol–water partition coefficient (Wildman–Crippen LogP) is -0.399. The summed E-state index contributed by atoms with van der Waals surface area (Å²) in [5, 5.41) is 0. The molecule has 0 heterocycles. The van der Waals surface area contributed by atoms with E-state index >= 15 is 0 Å². The quantitative estimate of drug-likeness (QED) is 0.309. The Morgan fingerprint density at radius 1 is 2.00 bits per heavy atom. The Kier molecular flexibility index (Phi) is 2.14. The molecule has 0 fully saturated rings. The van der Waals surface area contributed by atoms with Crippen molar-refractivity contribution in [3.63, 3.8) is 0 Å². The van der Waals surface area contributed by atoms with E-state index in [0.29, 0.717) is 0 Å². The van der Waals surface area contributed by atoms with Gasteiger partial charge in [0.2, 0.25) is 0 Å². The van der Waals surface area contributed by atoms with Crippen LogP contribution in [0.15, 0.2) is 0 Å². The minimum Gasteiger partial charge on any atom is -0.310 e. The summed E-state index contributed by atoms with van der Waals surface area (Å²) < 4.78 is 0. The maximum absolute atomic E-state index is 9.61. The van der Waals surface area contributed by atoms with Gasteiger partial charge < -0.3 is 9.64 Å². The molecule has 28 valence electrons. The van der Waals surface area contributed by atoms with Crippen molar-refractivity contribution in [3.8, 4) is 0 Å². The van der Waals surface area contributed by atoms with Gasteiger partial charge in [-0.25, -0.2) is 6.57 Å². The third-order valence-electron chi connectivity index (χ3n) is 0.235. The number of carbonyl (C=O) groups is 1. The second-order valence-electron chi connectivity index (χ2n) is 0.783. The van der Waals surface area contributed by atoms with Crippen LogP contribution in [0.1, 0.15) is 0 Å². The lowest BCUT2D eigenvalue weighted by Crippen LogP contribution is -1.96. The minimum absolute atomic E-state index is 0.194. The number of hydrogen-bond acceptors (Lipinski definition) is 1. The van der Waals surface area contributed by atoms with E-state index in [9.17, 15) is 4.79 Å². The average Bonchev–Trinajstić information content (AvgIpc) is 1.35. The van der Waals surface area contributed by atoms with Crippen molar-refractivity contribution in [2.75, 3.05) is 6.54 Å². The van der Waals surface area contributed by atoms with E-state index in [4.69, 9.17) is 6.57 Å². The molecule has 6 heavy (non-hydrogen) atoms. The third kappa shape index (κ3) is 3.22. The molecule has 0 unspecified atom stereocenters. The largest absolute Gasteiger partial charge is 0.310 e. The Hall–Kier alpha value is -0.775. The van der Waals surface area contributed by atoms with Crippen molar-refractivity contribution >= 4 is 13.5 Å². The van der Waals surface area contributed by atoms with Gasteiger partial charge in [0.05, 0.1) is 0 Å². The molecular formula is C3H2BNO. The Bertz CT molecular complexity index is 93.5. The normalized spacial score (nSPS) is 6.50. The fraction of sp³-hybridized carbons (Fsp3) is 0.333. The highest BCUT2D eigenvalue weighted by Gasteiger charge is 1.87. The Labute approximate surface area is 37.4 Å². The molecule has 2 nitrogen and oxygen atoms in total. The molecule has 0 N–H and O–H groups in total. The van der Waals surface area contributed by atoms with Crippen LogP contribution in [-0.2, 0) is 4.79 Å². The first-order valence-corrected chi connectivity index (χ1v) is 1.39. The molecule has 0 saturated carbocycles. The van der Waals surface area contributed by atoms with Crippen LogP contribution >= 0.6 is 0 Å². The summed E-state index contributed by atoms with van der Waals surface area (Å²) in [6.07, 6.45) is 0. The molecule has 0 aliphatic rings. The number of hydrogen-bond donors (Lipinski definition) is 0. The summed E-state index contributed by atoms with van der Waals surface area (Å²) in [6.45, 7) is 5.86. The SMILES string of the molecule is [B]C(=O)C[N+]#[C-]. The fourth-order valence-electron chi connectivity index (χ4n) is 0.0779. The molecule has 2 radical (unpaired) electrons. The zero-order chi connectivity index (χ0) is 4.99. The standard InChI is InChI=1S/C3H2BNO/c1-5-2-3(4)6/h2H2. The van der Waals surface area contributed by atoms with Crippen LogP contribution in [0.25, 0.3) is 4.85 Å². The highest BCUT2D eigenvalue weighted by molar-refractivity contribution is 6.58. The molecule has 0 atom stereocenters. The second-order valence-corrected chi connectivity index (χ2v) is 0.783. The van der Waals surface area contributed by atoms with E-state index in [2.05, 4.69) is 12.7 Å². The molecule has 0 rings (SSSR count). The zero-order valence-corrected chi connectivity index (χ0v) is 3.14. The van der Waals surface area contributed by atoms with Gasteiger partial charge in [-0.1, -0.05) is 0 Å². The predicted molar refractivity (Wildman–Crippen MR) is 22.2 cm³/mol. The van der Waals surface area contributed by atoms with Gasteiger partial charge in [0.15, 0.2) is 13.5 Å². The molecule has 0 aromatic carbocycles. The van der Waals surface area contributed by atoms with Crippen LogP contribution in [0.4, 0.5) is 0 Å². The molecule has 0 spiro atoms. The molecule has 0 aliphatic heterocycles. The van der Waals surface area contributed by atoms with E-state index in [1.807, 2.05) is 0 Å². The first-order valence-electron chi connectivity index (χ1n) is 1.39. The Morgan fingerprint density at radius 3 is 2.50 bits per heavy atom. The van der Waals surface area contributed by atoms with Gasteiger partial charge in [0.1, 0.15) is 0 Å². The lowest BCUT2D eigenvalue weighted by Gasteiger charge is -1.68. The number of carbonyl (C=O) groups excluding carboxylic acids is 1. The molecule has 3 heteroatoms. The van der Waals surface area contributed by atoms with Gasteiger partial charge in [0.25, 0.3) is 6.54 Å². The minimum atomic E-state index is -0.565. The second kappa shape index (κ2) is 2.46. The maximum Gasteiger partial charge on any atom is 0.261 e. The van der Waals surface area contributed by atoms with E-state index in [-0.39, 0.29) is 6.54 Å². The van der Waals surface area contributed by atoms with Crippen LogP contribution in [0, 0.1) is 6.57 Å². The van der Waals surface area contributed by atoms with Crippen molar-refractivity contribution in [1.29, 1.82) is 0 Å². The molecule has 0 aromatic heterocycles. The Balaban J connectivity index is 3.13. The summed E-state index contributed by atoms with van der Waals surface area (Å²) in [6, 6.07) is 0. The van der Waals surface area contributed by atoms with Crippen molar-refractivity contribution in [2.45, 2.75) is 0 Å². The lowest BCUT2D eigenvalue weighted by atomic mass is 10.0. The van der Waals surface area contributed by atoms with Crippen LogP contribution in [0.5, 0.6) is 0 Å². The summed E-state index contributed by atoms with van der Waals surface area (Å²) in [5.41, 5.74) is -0.565. The van der Waals surface area contributed by atoms with Gasteiger partial charge >= 0.3 is 0 Å². The maximum atomic E-state index is 9.61. The number of nitrogens with zero attached hydrogens (tertiary/aromatic N) is 1. The van der Waals surface area contributed by atoms with Gasteiger partial charge in [-0.15, -0.1) is 0 Å². The Morgan fingerprint density at radius 2 is 2.50 bits per heavy atom. The van der Waals surface area contributed by atoms with Crippen molar-refractivity contribution in [1.82, 2.24) is 0 Å². The van der Waals surface area contributed by atoms with Crippen molar-refractivity contribution in [2.24, 2.45) is 0 Å². The zero-order valence-electron chi connectivity index (χ0n) is 3.14. The topological polar surface area (TPSA) is 21.4 Å². The van der Waals surface area contributed by atoms with E-state index < -0.39 is 5.68 Å². The molecule has 0 saturated heterocycles. The first kappa shape index (κ1) is 5.22. The smallest absolute Gasteiger partial charge is 0.261 e. The van der Waals surface area contributed by atoms with Crippen LogP contribution < -0.4 is 0 Å². The van der Waals surface area contributed by atoms with E-state index in [0.717, 1.165) is 0 Å². The van der Waals surface area contributed by atoms with Gasteiger partial charge in [0, 0.05) is 0 Å². The summed E-state index contributed by atoms with van der Waals surface area (Å²) >= 11 is 0. The van der Waals surface area contributed by atoms with Crippen LogP contribution in [-0.4, -0.2) is 20.1 Å². The van der Waals surface area contributed by atoms with Crippen LogP contribution in [0.2, 0.25) is 0 Å². The summed E-state index contributed by atoms with van der Waals surface area (Å²) in [5.74, 6) is 0. The first-order chi connectivity index (χ1) is 2.77. The summed E-state index contributed by atoms with van der Waals surface area (Å²) in [7, 11) is 4.55.